The molecule has 0 amide bonds. The van der Waals surface area contributed by atoms with Gasteiger partial charge in [-0.3, -0.25) is 5.41 Å². The van der Waals surface area contributed by atoms with Crippen molar-refractivity contribution >= 4 is 5.96 Å². The first-order chi connectivity index (χ1) is 13.6. The second-order valence-corrected chi connectivity index (χ2v) is 7.44. The van der Waals surface area contributed by atoms with Gasteiger partial charge in [0, 0.05) is 12.1 Å². The first kappa shape index (κ1) is 20.2. The van der Waals surface area contributed by atoms with Gasteiger partial charge in [0.15, 0.2) is 5.96 Å². The van der Waals surface area contributed by atoms with Crippen LogP contribution in [0, 0.1) is 12.3 Å². The van der Waals surface area contributed by atoms with Crippen molar-refractivity contribution in [3.8, 4) is 17.1 Å². The number of aryl methyl sites for hydroxylation is 1. The lowest BCUT2D eigenvalue weighted by molar-refractivity contribution is 0.141. The molecule has 7 heteroatoms. The average Bonchev–Trinajstić information content (AvgIpc) is 3.10. The lowest BCUT2D eigenvalue weighted by Crippen LogP contribution is -2.48. The van der Waals surface area contributed by atoms with Crippen molar-refractivity contribution in [1.82, 2.24) is 15.0 Å². The molecule has 1 aliphatic heterocycles. The highest BCUT2D eigenvalue weighted by Crippen LogP contribution is 2.33. The van der Waals surface area contributed by atoms with E-state index in [4.69, 9.17) is 20.4 Å². The lowest BCUT2D eigenvalue weighted by Gasteiger charge is -2.38. The number of nitrogens with one attached hydrogen (secondary N) is 1. The first-order valence-corrected chi connectivity index (χ1v) is 10.3. The maximum absolute atomic E-state index is 7.57. The van der Waals surface area contributed by atoms with Crippen LogP contribution >= 0.6 is 0 Å². The molecule has 3 N–H and O–H groups in total. The third-order valence-corrected chi connectivity index (χ3v) is 5.24. The average molecular weight is 386 g/mol. The molecule has 7 nitrogen and oxygen atoms in total. The fourth-order valence-electron chi connectivity index (χ4n) is 3.44. The van der Waals surface area contributed by atoms with Crippen LogP contribution in [0.5, 0.6) is 5.75 Å². The molecule has 1 saturated heterocycles. The van der Waals surface area contributed by atoms with Crippen LogP contribution in [0.25, 0.3) is 11.4 Å². The Bertz CT molecular complexity index is 789. The Morgan fingerprint density at radius 3 is 2.75 bits per heavy atom. The molecule has 2 aromatic rings. The second kappa shape index (κ2) is 9.57. The van der Waals surface area contributed by atoms with Crippen molar-refractivity contribution in [2.45, 2.75) is 64.8 Å². The second-order valence-electron chi connectivity index (χ2n) is 7.44. The summed E-state index contributed by atoms with van der Waals surface area (Å²) < 4.78 is 11.3. The molecule has 0 unspecified atom stereocenters. The topological polar surface area (TPSA) is 101 Å². The number of aromatic nitrogens is 2. The highest BCUT2D eigenvalue weighted by molar-refractivity contribution is 5.75. The molecule has 0 spiro atoms. The molecule has 28 heavy (non-hydrogen) atoms. The molecular weight excluding hydrogens is 354 g/mol. The Morgan fingerprint density at radius 2 is 2.07 bits per heavy atom. The number of likely N-dealkylation sites (tertiary alicyclic amines) is 1. The summed E-state index contributed by atoms with van der Waals surface area (Å²) in [6.07, 6.45) is 8.39. The van der Waals surface area contributed by atoms with Gasteiger partial charge in [-0.1, -0.05) is 44.2 Å². The molecule has 1 atom stereocenters. The highest BCUT2D eigenvalue weighted by Gasteiger charge is 2.35. The fourth-order valence-corrected chi connectivity index (χ4v) is 3.44. The smallest absolute Gasteiger partial charge is 0.249 e. The van der Waals surface area contributed by atoms with Crippen LogP contribution in [0.1, 0.15) is 69.4 Å². The number of nitrogens with zero attached hydrogens (tertiary/aromatic N) is 3. The van der Waals surface area contributed by atoms with E-state index in [1.807, 2.05) is 25.1 Å². The Morgan fingerprint density at radius 1 is 1.29 bits per heavy atom. The van der Waals surface area contributed by atoms with Gasteiger partial charge in [-0.05, 0) is 43.5 Å². The van der Waals surface area contributed by atoms with Crippen molar-refractivity contribution in [3.63, 3.8) is 0 Å². The van der Waals surface area contributed by atoms with Gasteiger partial charge in [0.25, 0.3) is 0 Å². The molecule has 0 saturated carbocycles. The lowest BCUT2D eigenvalue weighted by atomic mass is 10.0. The minimum Gasteiger partial charge on any atom is -0.493 e. The Labute approximate surface area is 166 Å². The van der Waals surface area contributed by atoms with E-state index in [1.165, 1.54) is 32.1 Å². The Kier molecular flexibility index (Phi) is 6.90. The quantitative estimate of drug-likeness (QED) is 0.356. The summed E-state index contributed by atoms with van der Waals surface area (Å²) in [5, 5.41) is 11.7. The number of guanidine groups is 1. The van der Waals surface area contributed by atoms with Crippen molar-refractivity contribution in [2.24, 2.45) is 5.73 Å². The molecule has 152 valence electrons. The van der Waals surface area contributed by atoms with E-state index in [2.05, 4.69) is 17.1 Å². The van der Waals surface area contributed by atoms with Crippen molar-refractivity contribution in [2.75, 3.05) is 13.2 Å². The number of hydrogen-bond donors (Lipinski definition) is 2. The maximum atomic E-state index is 7.57. The van der Waals surface area contributed by atoms with Crippen molar-refractivity contribution < 1.29 is 9.26 Å². The summed E-state index contributed by atoms with van der Waals surface area (Å²) in [5.74, 6) is 2.01. The zero-order valence-electron chi connectivity index (χ0n) is 16.9. The number of unbranched alkanes of at least 4 members (excludes halogenated alkanes) is 5. The number of hydrogen-bond acceptors (Lipinski definition) is 5. The zero-order valence-corrected chi connectivity index (χ0v) is 16.9. The van der Waals surface area contributed by atoms with Gasteiger partial charge in [-0.2, -0.15) is 4.98 Å². The molecule has 1 aliphatic rings. The molecule has 0 aliphatic carbocycles. The van der Waals surface area contributed by atoms with E-state index in [0.717, 1.165) is 42.9 Å². The predicted molar refractivity (Wildman–Crippen MR) is 109 cm³/mol. The minimum absolute atomic E-state index is 0.0405. The summed E-state index contributed by atoms with van der Waals surface area (Å²) in [7, 11) is 0. The molecule has 0 bridgehead atoms. The van der Waals surface area contributed by atoms with Crippen LogP contribution in [0.2, 0.25) is 0 Å². The van der Waals surface area contributed by atoms with E-state index in [-0.39, 0.29) is 12.0 Å². The number of nitrogens with two attached hydrogens (primary N) is 1. The largest absolute Gasteiger partial charge is 0.493 e. The third kappa shape index (κ3) is 4.82. The Hall–Kier alpha value is -2.57. The fraction of sp³-hybridized carbons (Fsp3) is 0.571. The van der Waals surface area contributed by atoms with Crippen LogP contribution in [0.4, 0.5) is 0 Å². The van der Waals surface area contributed by atoms with Crippen LogP contribution < -0.4 is 10.5 Å². The molecule has 1 fully saturated rings. The molecular formula is C21H31N5O2. The Balaban J connectivity index is 1.53. The van der Waals surface area contributed by atoms with E-state index in [0.29, 0.717) is 11.7 Å². The SMILES string of the molecule is CCCCCCCCOc1ccc(-c2noc([C@@H]3CCN3C(=N)N)n2)cc1C. The maximum Gasteiger partial charge on any atom is 0.249 e. The molecule has 3 rings (SSSR count). The molecule has 0 radical (unpaired) electrons. The molecule has 1 aromatic carbocycles. The normalized spacial score (nSPS) is 16.1. The standard InChI is InChI=1S/C21H31N5O2/c1-3-4-5-6-7-8-13-27-18-10-9-16(14-15(18)2)19-24-20(28-25-19)17-11-12-26(17)21(22)23/h9-10,14,17H,3-8,11-13H2,1-2H3,(H3,22,23)/t17-/m0/s1. The van der Waals surface area contributed by atoms with E-state index in [9.17, 15) is 0 Å². The number of rotatable bonds is 10. The highest BCUT2D eigenvalue weighted by atomic mass is 16.5. The van der Waals surface area contributed by atoms with E-state index in [1.54, 1.807) is 4.90 Å². The van der Waals surface area contributed by atoms with Gasteiger partial charge in [0.05, 0.1) is 6.61 Å². The van der Waals surface area contributed by atoms with Crippen LogP contribution in [0.3, 0.4) is 0 Å². The van der Waals surface area contributed by atoms with Crippen LogP contribution in [-0.2, 0) is 0 Å². The van der Waals surface area contributed by atoms with Crippen molar-refractivity contribution in [3.05, 3.63) is 29.7 Å². The van der Waals surface area contributed by atoms with Crippen molar-refractivity contribution in [1.29, 1.82) is 5.41 Å². The first-order valence-electron chi connectivity index (χ1n) is 10.3. The van der Waals surface area contributed by atoms with Gasteiger partial charge < -0.3 is 19.9 Å². The third-order valence-electron chi connectivity index (χ3n) is 5.24. The summed E-state index contributed by atoms with van der Waals surface area (Å²) >= 11 is 0. The van der Waals surface area contributed by atoms with E-state index < -0.39 is 0 Å². The van der Waals surface area contributed by atoms with Crippen LogP contribution in [-0.4, -0.2) is 34.2 Å². The van der Waals surface area contributed by atoms with Gasteiger partial charge in [0.2, 0.25) is 11.7 Å². The summed E-state index contributed by atoms with van der Waals surface area (Å²) in [6.45, 7) is 5.77. The van der Waals surface area contributed by atoms with Gasteiger partial charge in [0.1, 0.15) is 11.8 Å². The number of ether oxygens (including phenoxy) is 1. The van der Waals surface area contributed by atoms with E-state index >= 15 is 0 Å². The van der Waals surface area contributed by atoms with Gasteiger partial charge >= 0.3 is 0 Å². The monoisotopic (exact) mass is 385 g/mol. The molecule has 2 heterocycles. The summed E-state index contributed by atoms with van der Waals surface area (Å²) in [4.78, 5) is 6.26. The minimum atomic E-state index is -0.0835. The zero-order chi connectivity index (χ0) is 19.9. The van der Waals surface area contributed by atoms with Gasteiger partial charge in [-0.25, -0.2) is 0 Å². The van der Waals surface area contributed by atoms with Gasteiger partial charge in [-0.15, -0.1) is 0 Å². The predicted octanol–water partition coefficient (Wildman–Crippen LogP) is 4.42. The summed E-state index contributed by atoms with van der Waals surface area (Å²) in [5.41, 5.74) is 7.52. The van der Waals surface area contributed by atoms with Crippen LogP contribution in [0.15, 0.2) is 22.7 Å². The summed E-state index contributed by atoms with van der Waals surface area (Å²) in [6, 6.07) is 5.87. The number of benzene rings is 1. The molecule has 1 aromatic heterocycles.